The van der Waals surface area contributed by atoms with Gasteiger partial charge in [-0.1, -0.05) is 43.2 Å². The van der Waals surface area contributed by atoms with Gasteiger partial charge >= 0.3 is 0 Å². The summed E-state index contributed by atoms with van der Waals surface area (Å²) in [6.45, 7) is 11.1. The van der Waals surface area contributed by atoms with Gasteiger partial charge in [-0.15, -0.1) is 0 Å². The smallest absolute Gasteiger partial charge is 0.0662 e. The molecule has 0 aromatic heterocycles. The molecule has 1 heteroatoms. The zero-order valence-corrected chi connectivity index (χ0v) is 14.4. The standard InChI is InChI=1S/C20H32O/c1-14(2)7-6-8-15(3)17-11-12-20(5,21)19-10-9-16(4)18(19)13-17/h8-9,13-14,18-19,21H,6-7,10-12H2,1-5H3/b15-8+/t18-,19-,20+/m1/s1. The van der Waals surface area contributed by atoms with E-state index in [2.05, 4.69) is 45.9 Å². The summed E-state index contributed by atoms with van der Waals surface area (Å²) in [5, 5.41) is 10.8. The zero-order valence-electron chi connectivity index (χ0n) is 14.4. The summed E-state index contributed by atoms with van der Waals surface area (Å²) in [6.07, 6.45) is 12.5. The molecular weight excluding hydrogens is 256 g/mol. The van der Waals surface area contributed by atoms with Gasteiger partial charge < -0.3 is 5.11 Å². The fraction of sp³-hybridized carbons (Fsp3) is 0.700. The van der Waals surface area contributed by atoms with E-state index in [1.807, 2.05) is 6.92 Å². The van der Waals surface area contributed by atoms with Crippen molar-refractivity contribution in [1.82, 2.24) is 0 Å². The van der Waals surface area contributed by atoms with E-state index in [1.165, 1.54) is 29.6 Å². The molecule has 0 heterocycles. The van der Waals surface area contributed by atoms with Gasteiger partial charge in [0.1, 0.15) is 0 Å². The zero-order chi connectivity index (χ0) is 15.6. The molecule has 21 heavy (non-hydrogen) atoms. The highest BCUT2D eigenvalue weighted by Crippen LogP contribution is 2.45. The lowest BCUT2D eigenvalue weighted by molar-refractivity contribution is -0.0121. The van der Waals surface area contributed by atoms with Crippen molar-refractivity contribution in [2.45, 2.75) is 72.3 Å². The van der Waals surface area contributed by atoms with Crippen LogP contribution in [0.1, 0.15) is 66.7 Å². The predicted octanol–water partition coefficient (Wildman–Crippen LogP) is 5.42. The first-order valence-electron chi connectivity index (χ1n) is 8.58. The SMILES string of the molecule is CC1=CC[C@@H]2[C@@H]1C=C(/C(C)=C/CCC(C)C)CC[C@]2(C)O. The van der Waals surface area contributed by atoms with Gasteiger partial charge in [0, 0.05) is 11.8 Å². The third-order valence-electron chi connectivity index (χ3n) is 5.43. The summed E-state index contributed by atoms with van der Waals surface area (Å²) in [6, 6.07) is 0. The predicted molar refractivity (Wildman–Crippen MR) is 91.1 cm³/mol. The van der Waals surface area contributed by atoms with Crippen LogP contribution in [-0.4, -0.2) is 10.7 Å². The lowest BCUT2D eigenvalue weighted by Crippen LogP contribution is -2.36. The minimum absolute atomic E-state index is 0.374. The minimum atomic E-state index is -0.532. The van der Waals surface area contributed by atoms with Crippen LogP contribution in [0.5, 0.6) is 0 Å². The van der Waals surface area contributed by atoms with E-state index in [0.717, 1.165) is 25.2 Å². The Morgan fingerprint density at radius 3 is 2.86 bits per heavy atom. The van der Waals surface area contributed by atoms with Gasteiger partial charge in [0.05, 0.1) is 5.60 Å². The molecule has 1 nitrogen and oxygen atoms in total. The van der Waals surface area contributed by atoms with Crippen LogP contribution in [0.4, 0.5) is 0 Å². The Bertz CT molecular complexity index is 462. The van der Waals surface area contributed by atoms with E-state index < -0.39 is 5.60 Å². The second-order valence-electron chi connectivity index (χ2n) is 7.72. The third-order valence-corrected chi connectivity index (χ3v) is 5.43. The van der Waals surface area contributed by atoms with Gasteiger partial charge in [-0.2, -0.15) is 0 Å². The number of aliphatic hydroxyl groups is 1. The highest BCUT2D eigenvalue weighted by molar-refractivity contribution is 5.35. The van der Waals surface area contributed by atoms with E-state index in [4.69, 9.17) is 0 Å². The summed E-state index contributed by atoms with van der Waals surface area (Å²) in [4.78, 5) is 0. The Hall–Kier alpha value is -0.820. The molecule has 2 aliphatic carbocycles. The third kappa shape index (κ3) is 3.88. The van der Waals surface area contributed by atoms with Crippen molar-refractivity contribution in [1.29, 1.82) is 0 Å². The summed E-state index contributed by atoms with van der Waals surface area (Å²) < 4.78 is 0. The molecular formula is C20H32O. The molecule has 2 rings (SSSR count). The average molecular weight is 288 g/mol. The van der Waals surface area contributed by atoms with Crippen LogP contribution in [0.3, 0.4) is 0 Å². The normalized spacial score (nSPS) is 33.6. The summed E-state index contributed by atoms with van der Waals surface area (Å²) in [7, 11) is 0. The maximum atomic E-state index is 10.8. The highest BCUT2D eigenvalue weighted by atomic mass is 16.3. The van der Waals surface area contributed by atoms with Gasteiger partial charge in [0.2, 0.25) is 0 Å². The lowest BCUT2D eigenvalue weighted by Gasteiger charge is -2.32. The lowest BCUT2D eigenvalue weighted by atomic mass is 9.78. The van der Waals surface area contributed by atoms with E-state index in [9.17, 15) is 5.11 Å². The molecule has 0 fully saturated rings. The Kier molecular flexibility index (Phi) is 5.14. The van der Waals surface area contributed by atoms with Crippen LogP contribution in [-0.2, 0) is 0 Å². The van der Waals surface area contributed by atoms with Crippen LogP contribution >= 0.6 is 0 Å². The molecule has 0 aromatic carbocycles. The van der Waals surface area contributed by atoms with Crippen molar-refractivity contribution in [3.8, 4) is 0 Å². The van der Waals surface area contributed by atoms with Crippen molar-refractivity contribution < 1.29 is 5.11 Å². The van der Waals surface area contributed by atoms with Gasteiger partial charge in [0.15, 0.2) is 0 Å². The molecule has 0 spiro atoms. The number of hydrogen-bond donors (Lipinski definition) is 1. The fourth-order valence-electron chi connectivity index (χ4n) is 3.77. The first-order chi connectivity index (χ1) is 9.81. The average Bonchev–Trinajstić information content (AvgIpc) is 2.69. The Balaban J connectivity index is 2.16. The molecule has 0 saturated carbocycles. The molecule has 0 amide bonds. The van der Waals surface area contributed by atoms with Gasteiger partial charge in [-0.05, 0) is 64.4 Å². The first-order valence-corrected chi connectivity index (χ1v) is 8.58. The molecule has 2 aliphatic rings. The maximum Gasteiger partial charge on any atom is 0.0662 e. The topological polar surface area (TPSA) is 20.2 Å². The van der Waals surface area contributed by atoms with E-state index >= 15 is 0 Å². The Morgan fingerprint density at radius 2 is 2.19 bits per heavy atom. The van der Waals surface area contributed by atoms with Crippen LogP contribution in [0.2, 0.25) is 0 Å². The fourth-order valence-corrected chi connectivity index (χ4v) is 3.77. The maximum absolute atomic E-state index is 10.8. The van der Waals surface area contributed by atoms with Gasteiger partial charge in [0.25, 0.3) is 0 Å². The molecule has 0 bridgehead atoms. The number of rotatable bonds is 4. The van der Waals surface area contributed by atoms with Crippen molar-refractivity contribution in [2.24, 2.45) is 17.8 Å². The van der Waals surface area contributed by atoms with Crippen LogP contribution in [0.25, 0.3) is 0 Å². The number of allylic oxidation sites excluding steroid dienone is 6. The van der Waals surface area contributed by atoms with Crippen molar-refractivity contribution in [3.63, 3.8) is 0 Å². The van der Waals surface area contributed by atoms with Crippen LogP contribution in [0.15, 0.2) is 34.9 Å². The van der Waals surface area contributed by atoms with Crippen molar-refractivity contribution >= 4 is 0 Å². The molecule has 118 valence electrons. The summed E-state index contributed by atoms with van der Waals surface area (Å²) in [5.41, 5.74) is 3.79. The molecule has 3 atom stereocenters. The number of fused-ring (bicyclic) bond motifs is 1. The largest absolute Gasteiger partial charge is 0.390 e. The van der Waals surface area contributed by atoms with Crippen LogP contribution < -0.4 is 0 Å². The molecule has 0 aromatic rings. The van der Waals surface area contributed by atoms with Crippen LogP contribution in [0, 0.1) is 17.8 Å². The van der Waals surface area contributed by atoms with Crippen molar-refractivity contribution in [3.05, 3.63) is 34.9 Å². The molecule has 0 aliphatic heterocycles. The number of hydrogen-bond acceptors (Lipinski definition) is 1. The summed E-state index contributed by atoms with van der Waals surface area (Å²) in [5.74, 6) is 1.58. The molecule has 0 saturated heterocycles. The second kappa shape index (κ2) is 6.52. The summed E-state index contributed by atoms with van der Waals surface area (Å²) >= 11 is 0. The first kappa shape index (κ1) is 16.5. The molecule has 0 unspecified atom stereocenters. The minimum Gasteiger partial charge on any atom is -0.390 e. The molecule has 0 radical (unpaired) electrons. The quantitative estimate of drug-likeness (QED) is 0.685. The highest BCUT2D eigenvalue weighted by Gasteiger charge is 2.41. The second-order valence-corrected chi connectivity index (χ2v) is 7.72. The van der Waals surface area contributed by atoms with E-state index in [1.54, 1.807) is 0 Å². The Labute approximate surface area is 130 Å². The van der Waals surface area contributed by atoms with E-state index in [-0.39, 0.29) is 0 Å². The Morgan fingerprint density at radius 1 is 1.48 bits per heavy atom. The van der Waals surface area contributed by atoms with E-state index in [0.29, 0.717) is 11.8 Å². The van der Waals surface area contributed by atoms with Crippen molar-refractivity contribution in [2.75, 3.05) is 0 Å². The van der Waals surface area contributed by atoms with Gasteiger partial charge in [-0.25, -0.2) is 0 Å². The van der Waals surface area contributed by atoms with Gasteiger partial charge in [-0.3, -0.25) is 0 Å². The monoisotopic (exact) mass is 288 g/mol. The molecule has 1 N–H and O–H groups in total.